The third-order valence-corrected chi connectivity index (χ3v) is 2.90. The van der Waals surface area contributed by atoms with E-state index in [0.29, 0.717) is 10.6 Å². The molecule has 1 unspecified atom stereocenters. The summed E-state index contributed by atoms with van der Waals surface area (Å²) in [6, 6.07) is 4.18. The maximum absolute atomic E-state index is 12.2. The summed E-state index contributed by atoms with van der Waals surface area (Å²) >= 11 is 5.67. The van der Waals surface area contributed by atoms with Crippen LogP contribution in [0.15, 0.2) is 18.2 Å². The van der Waals surface area contributed by atoms with Crippen molar-refractivity contribution in [2.24, 2.45) is 5.92 Å². The number of ketones is 2. The molecular weight excluding hydrogens is 257 g/mol. The Bertz CT molecular complexity index is 508. The van der Waals surface area contributed by atoms with Crippen LogP contribution in [0.2, 0.25) is 5.02 Å². The molecular formula is C11H6ClF3O2. The quantitative estimate of drug-likeness (QED) is 0.730. The molecule has 0 aliphatic heterocycles. The number of Topliss-reactive ketones (excluding diaryl/α,β-unsaturated/α-hetero) is 2. The number of rotatable bonds is 1. The van der Waals surface area contributed by atoms with E-state index >= 15 is 0 Å². The van der Waals surface area contributed by atoms with Crippen LogP contribution in [0.1, 0.15) is 15.9 Å². The van der Waals surface area contributed by atoms with Crippen molar-refractivity contribution >= 4 is 23.2 Å². The second-order valence-corrected chi connectivity index (χ2v) is 4.22. The lowest BCUT2D eigenvalue weighted by atomic mass is 9.99. The average Bonchev–Trinajstić information content (AvgIpc) is 2.53. The van der Waals surface area contributed by atoms with Gasteiger partial charge < -0.3 is 0 Å². The van der Waals surface area contributed by atoms with Gasteiger partial charge in [0.2, 0.25) is 5.78 Å². The first kappa shape index (κ1) is 12.1. The minimum atomic E-state index is -4.98. The number of hydrogen-bond donors (Lipinski definition) is 0. The lowest BCUT2D eigenvalue weighted by molar-refractivity contribution is -0.173. The van der Waals surface area contributed by atoms with Gasteiger partial charge in [0.25, 0.3) is 0 Å². The largest absolute Gasteiger partial charge is 0.450 e. The number of alkyl halides is 3. The molecule has 2 nitrogen and oxygen atoms in total. The van der Waals surface area contributed by atoms with E-state index in [-0.39, 0.29) is 12.0 Å². The van der Waals surface area contributed by atoms with Crippen molar-refractivity contribution in [2.45, 2.75) is 12.6 Å². The third kappa shape index (κ3) is 2.07. The van der Waals surface area contributed by atoms with Gasteiger partial charge in [0.1, 0.15) is 0 Å². The van der Waals surface area contributed by atoms with E-state index in [9.17, 15) is 22.8 Å². The van der Waals surface area contributed by atoms with Gasteiger partial charge in [0.05, 0.1) is 5.92 Å². The SMILES string of the molecule is O=C1c2ccc(Cl)cc2CC1C(=O)C(F)(F)F. The zero-order valence-electron chi connectivity index (χ0n) is 8.34. The van der Waals surface area contributed by atoms with Crippen LogP contribution >= 0.6 is 11.6 Å². The second-order valence-electron chi connectivity index (χ2n) is 3.78. The van der Waals surface area contributed by atoms with Crippen LogP contribution in [0.3, 0.4) is 0 Å². The summed E-state index contributed by atoms with van der Waals surface area (Å²) in [6.45, 7) is 0. The normalized spacial score (nSPS) is 19.3. The topological polar surface area (TPSA) is 34.1 Å². The number of halogens is 4. The molecule has 0 radical (unpaired) electrons. The van der Waals surface area contributed by atoms with Gasteiger partial charge in [-0.3, -0.25) is 9.59 Å². The van der Waals surface area contributed by atoms with Crippen molar-refractivity contribution in [1.29, 1.82) is 0 Å². The smallest absolute Gasteiger partial charge is 0.293 e. The molecule has 1 aromatic rings. The van der Waals surface area contributed by atoms with E-state index in [1.807, 2.05) is 0 Å². The molecule has 0 spiro atoms. The second kappa shape index (κ2) is 3.84. The number of carbonyl (C=O) groups excluding carboxylic acids is 2. The highest BCUT2D eigenvalue weighted by Crippen LogP contribution is 2.33. The van der Waals surface area contributed by atoms with Gasteiger partial charge in [0.15, 0.2) is 5.78 Å². The minimum absolute atomic E-state index is 0.150. The number of carbonyl (C=O) groups is 2. The van der Waals surface area contributed by atoms with Crippen LogP contribution in [-0.4, -0.2) is 17.7 Å². The van der Waals surface area contributed by atoms with Gasteiger partial charge in [-0.15, -0.1) is 0 Å². The molecule has 90 valence electrons. The zero-order chi connectivity index (χ0) is 12.8. The Morgan fingerprint density at radius 3 is 2.59 bits per heavy atom. The van der Waals surface area contributed by atoms with Gasteiger partial charge >= 0.3 is 6.18 Å². The Labute approximate surface area is 99.4 Å². The summed E-state index contributed by atoms with van der Waals surface area (Å²) in [5.74, 6) is -4.42. The first-order valence-electron chi connectivity index (χ1n) is 4.74. The van der Waals surface area contributed by atoms with E-state index < -0.39 is 23.7 Å². The Morgan fingerprint density at radius 2 is 2.00 bits per heavy atom. The van der Waals surface area contributed by atoms with Gasteiger partial charge in [-0.2, -0.15) is 13.2 Å². The van der Waals surface area contributed by atoms with Crippen LogP contribution < -0.4 is 0 Å². The molecule has 1 aliphatic carbocycles. The van der Waals surface area contributed by atoms with Crippen molar-refractivity contribution in [2.75, 3.05) is 0 Å². The van der Waals surface area contributed by atoms with Gasteiger partial charge in [-0.05, 0) is 30.2 Å². The molecule has 0 fully saturated rings. The van der Waals surface area contributed by atoms with E-state index in [1.54, 1.807) is 0 Å². The Morgan fingerprint density at radius 1 is 1.35 bits per heavy atom. The highest BCUT2D eigenvalue weighted by Gasteiger charge is 2.48. The molecule has 17 heavy (non-hydrogen) atoms. The standard InChI is InChI=1S/C11H6ClF3O2/c12-6-1-2-7-5(3-6)4-8(9(7)16)10(17)11(13,14)15/h1-3,8H,4H2. The summed E-state index contributed by atoms with van der Waals surface area (Å²) in [5, 5.41) is 0.330. The highest BCUT2D eigenvalue weighted by atomic mass is 35.5. The zero-order valence-corrected chi connectivity index (χ0v) is 9.10. The molecule has 0 amide bonds. The van der Waals surface area contributed by atoms with Crippen molar-refractivity contribution in [3.8, 4) is 0 Å². The van der Waals surface area contributed by atoms with Crippen molar-refractivity contribution < 1.29 is 22.8 Å². The summed E-state index contributed by atoms with van der Waals surface area (Å²) in [6.07, 6.45) is -5.21. The first-order chi connectivity index (χ1) is 7.80. The van der Waals surface area contributed by atoms with Gasteiger partial charge in [-0.1, -0.05) is 11.6 Å². The number of benzene rings is 1. The van der Waals surface area contributed by atoms with E-state index in [1.165, 1.54) is 18.2 Å². The molecule has 1 aliphatic rings. The third-order valence-electron chi connectivity index (χ3n) is 2.67. The Balaban J connectivity index is 2.35. The molecule has 2 rings (SSSR count). The maximum atomic E-state index is 12.2. The molecule has 0 bridgehead atoms. The predicted octanol–water partition coefficient (Wildman–Crippen LogP) is 2.83. The lowest BCUT2D eigenvalue weighted by Gasteiger charge is -2.09. The summed E-state index contributed by atoms with van der Waals surface area (Å²) < 4.78 is 36.7. The monoisotopic (exact) mass is 262 g/mol. The Kier molecular flexibility index (Phi) is 2.73. The Hall–Kier alpha value is -1.36. The molecule has 0 N–H and O–H groups in total. The maximum Gasteiger partial charge on any atom is 0.450 e. The summed E-state index contributed by atoms with van der Waals surface area (Å²) in [4.78, 5) is 22.7. The summed E-state index contributed by atoms with van der Waals surface area (Å²) in [5.41, 5.74) is 0.544. The van der Waals surface area contributed by atoms with Crippen LogP contribution in [0.4, 0.5) is 13.2 Å². The summed E-state index contributed by atoms with van der Waals surface area (Å²) in [7, 11) is 0. The minimum Gasteiger partial charge on any atom is -0.293 e. The molecule has 0 saturated heterocycles. The van der Waals surface area contributed by atoms with Gasteiger partial charge in [-0.25, -0.2) is 0 Å². The number of hydrogen-bond acceptors (Lipinski definition) is 2. The first-order valence-corrected chi connectivity index (χ1v) is 5.12. The molecule has 0 aromatic heterocycles. The fraction of sp³-hybridized carbons (Fsp3) is 0.273. The molecule has 6 heteroatoms. The van der Waals surface area contributed by atoms with Crippen LogP contribution in [0.5, 0.6) is 0 Å². The van der Waals surface area contributed by atoms with E-state index in [2.05, 4.69) is 0 Å². The van der Waals surface area contributed by atoms with E-state index in [4.69, 9.17) is 11.6 Å². The van der Waals surface area contributed by atoms with E-state index in [0.717, 1.165) is 0 Å². The fourth-order valence-electron chi connectivity index (χ4n) is 1.88. The highest BCUT2D eigenvalue weighted by molar-refractivity contribution is 6.31. The van der Waals surface area contributed by atoms with Crippen LogP contribution in [0, 0.1) is 5.92 Å². The van der Waals surface area contributed by atoms with Crippen molar-refractivity contribution in [1.82, 2.24) is 0 Å². The molecule has 1 atom stereocenters. The van der Waals surface area contributed by atoms with Crippen LogP contribution in [-0.2, 0) is 11.2 Å². The lowest BCUT2D eigenvalue weighted by Crippen LogP contribution is -2.33. The van der Waals surface area contributed by atoms with Crippen molar-refractivity contribution in [3.63, 3.8) is 0 Å². The number of fused-ring (bicyclic) bond motifs is 1. The molecule has 0 heterocycles. The van der Waals surface area contributed by atoms with Crippen molar-refractivity contribution in [3.05, 3.63) is 34.3 Å². The predicted molar refractivity (Wildman–Crippen MR) is 54.0 cm³/mol. The van der Waals surface area contributed by atoms with Crippen LogP contribution in [0.25, 0.3) is 0 Å². The van der Waals surface area contributed by atoms with Gasteiger partial charge in [0, 0.05) is 10.6 Å². The molecule has 0 saturated carbocycles. The molecule has 1 aromatic carbocycles. The average molecular weight is 263 g/mol. The fourth-order valence-corrected chi connectivity index (χ4v) is 2.08.